The molecule has 1 heterocycles. The Hall–Kier alpha value is -3.06. The number of aromatic nitrogens is 1. The van der Waals surface area contributed by atoms with Gasteiger partial charge in [-0.2, -0.15) is 0 Å². The summed E-state index contributed by atoms with van der Waals surface area (Å²) < 4.78 is 2.47. The van der Waals surface area contributed by atoms with Gasteiger partial charge < -0.3 is 4.57 Å². The fourth-order valence-corrected chi connectivity index (χ4v) is 5.49. The Labute approximate surface area is 230 Å². The van der Waals surface area contributed by atoms with Crippen LogP contribution in [0.4, 0.5) is 0 Å². The lowest BCUT2D eigenvalue weighted by Crippen LogP contribution is -2.28. The van der Waals surface area contributed by atoms with Crippen LogP contribution in [-0.4, -0.2) is 4.57 Å². The fraction of sp³-hybridized carbons (Fsp3) is 0.405. The molecule has 1 nitrogen and oxygen atoms in total. The van der Waals surface area contributed by atoms with E-state index in [0.717, 1.165) is 12.8 Å². The quantitative estimate of drug-likeness (QED) is 0.213. The third kappa shape index (κ3) is 6.49. The molecule has 0 aliphatic heterocycles. The van der Waals surface area contributed by atoms with Crippen molar-refractivity contribution in [3.63, 3.8) is 0 Å². The van der Waals surface area contributed by atoms with Gasteiger partial charge in [0.1, 0.15) is 0 Å². The van der Waals surface area contributed by atoms with Crippen LogP contribution in [0.1, 0.15) is 86.1 Å². The average molecular weight is 506 g/mol. The lowest BCUT2D eigenvalue weighted by atomic mass is 9.84. The summed E-state index contributed by atoms with van der Waals surface area (Å²) in [5, 5.41) is 6.47. The van der Waals surface area contributed by atoms with Crippen LogP contribution < -0.4 is 10.6 Å². The second kappa shape index (κ2) is 11.8. The molecule has 0 spiro atoms. The van der Waals surface area contributed by atoms with Gasteiger partial charge in [0.25, 0.3) is 0 Å². The summed E-state index contributed by atoms with van der Waals surface area (Å²) in [4.78, 5) is 0. The van der Waals surface area contributed by atoms with Crippen LogP contribution in [0.3, 0.4) is 0 Å². The molecule has 0 fully saturated rings. The van der Waals surface area contributed by atoms with Gasteiger partial charge in [-0.1, -0.05) is 121 Å². The second-order valence-electron chi connectivity index (χ2n) is 12.9. The van der Waals surface area contributed by atoms with Crippen molar-refractivity contribution in [2.45, 2.75) is 87.0 Å². The molecule has 0 N–H and O–H groups in total. The van der Waals surface area contributed by atoms with Crippen LogP contribution in [0.2, 0.25) is 0 Å². The molecule has 4 aromatic rings. The molecule has 0 saturated heterocycles. The first kappa shape index (κ1) is 28.0. The minimum absolute atomic E-state index is 0.332. The van der Waals surface area contributed by atoms with E-state index in [1.165, 1.54) is 69.2 Å². The van der Waals surface area contributed by atoms with Crippen molar-refractivity contribution < 1.29 is 0 Å². The number of fused-ring (bicyclic) bond motifs is 2. The van der Waals surface area contributed by atoms with Gasteiger partial charge in [-0.25, -0.2) is 0 Å². The predicted octanol–water partition coefficient (Wildman–Crippen LogP) is 9.51. The molecule has 1 aromatic heterocycles. The van der Waals surface area contributed by atoms with Crippen molar-refractivity contribution in [2.24, 2.45) is 10.8 Å². The number of rotatable bonds is 9. The van der Waals surface area contributed by atoms with Crippen molar-refractivity contribution >= 4 is 33.8 Å². The molecule has 0 atom stereocenters. The van der Waals surface area contributed by atoms with Crippen LogP contribution in [-0.2, 0) is 6.42 Å². The van der Waals surface area contributed by atoms with Gasteiger partial charge in [0.2, 0.25) is 0 Å². The number of hydrogen-bond acceptors (Lipinski definition) is 0. The first-order chi connectivity index (χ1) is 18.1. The highest BCUT2D eigenvalue weighted by Crippen LogP contribution is 2.29. The summed E-state index contributed by atoms with van der Waals surface area (Å²) in [5.74, 6) is 0. The van der Waals surface area contributed by atoms with Crippen LogP contribution in [0.25, 0.3) is 39.5 Å². The maximum absolute atomic E-state index is 2.47. The zero-order valence-electron chi connectivity index (χ0n) is 24.8. The number of para-hydroxylation sites is 1. The molecule has 1 heteroatoms. The summed E-state index contributed by atoms with van der Waals surface area (Å²) in [6.07, 6.45) is 16.5. The Morgan fingerprint density at radius 2 is 1.63 bits per heavy atom. The molecule has 4 rings (SSSR count). The monoisotopic (exact) mass is 505 g/mol. The van der Waals surface area contributed by atoms with Crippen LogP contribution in [0.5, 0.6) is 0 Å². The summed E-state index contributed by atoms with van der Waals surface area (Å²) in [6.45, 7) is 16.2. The minimum Gasteiger partial charge on any atom is -0.309 e. The molecule has 0 radical (unpaired) electrons. The van der Waals surface area contributed by atoms with E-state index in [9.17, 15) is 0 Å². The molecular formula is C37H47N. The van der Waals surface area contributed by atoms with Crippen molar-refractivity contribution in [3.05, 3.63) is 88.9 Å². The van der Waals surface area contributed by atoms with E-state index < -0.39 is 0 Å². The molecule has 200 valence electrons. The Bertz CT molecular complexity index is 1540. The number of nitrogens with zero attached hydrogens (tertiary/aromatic N) is 1. The number of hydrogen-bond donors (Lipinski definition) is 0. The van der Waals surface area contributed by atoms with E-state index in [1.54, 1.807) is 0 Å². The molecule has 3 aromatic carbocycles. The maximum Gasteiger partial charge on any atom is 0.0541 e. The van der Waals surface area contributed by atoms with E-state index in [-0.39, 0.29) is 0 Å². The van der Waals surface area contributed by atoms with E-state index >= 15 is 0 Å². The average Bonchev–Trinajstić information content (AvgIpc) is 3.21. The first-order valence-electron chi connectivity index (χ1n) is 14.6. The SMILES string of the molecule is C\C=c1/c(=C\C=C/CC(C)(C)CCCC)c2ccccc2n1-c1cccc2ccc(CCC(C)(C)C)cc12. The Morgan fingerprint density at radius 1 is 0.842 bits per heavy atom. The Morgan fingerprint density at radius 3 is 2.37 bits per heavy atom. The van der Waals surface area contributed by atoms with E-state index in [2.05, 4.69) is 138 Å². The smallest absolute Gasteiger partial charge is 0.0541 e. The van der Waals surface area contributed by atoms with Crippen molar-refractivity contribution in [3.8, 4) is 5.69 Å². The summed E-state index contributed by atoms with van der Waals surface area (Å²) in [7, 11) is 0. The molecule has 38 heavy (non-hydrogen) atoms. The van der Waals surface area contributed by atoms with Gasteiger partial charge >= 0.3 is 0 Å². The molecular weight excluding hydrogens is 458 g/mol. The molecule has 0 unspecified atom stereocenters. The highest BCUT2D eigenvalue weighted by molar-refractivity contribution is 5.94. The van der Waals surface area contributed by atoms with Crippen molar-refractivity contribution in [1.82, 2.24) is 4.57 Å². The lowest BCUT2D eigenvalue weighted by molar-refractivity contribution is 0.328. The van der Waals surface area contributed by atoms with E-state index in [0.29, 0.717) is 10.8 Å². The van der Waals surface area contributed by atoms with Gasteiger partial charge in [-0.15, -0.1) is 0 Å². The van der Waals surface area contributed by atoms with Gasteiger partial charge in [0.15, 0.2) is 0 Å². The van der Waals surface area contributed by atoms with E-state index in [4.69, 9.17) is 0 Å². The third-order valence-corrected chi connectivity index (χ3v) is 7.83. The largest absolute Gasteiger partial charge is 0.309 e. The van der Waals surface area contributed by atoms with Crippen LogP contribution >= 0.6 is 0 Å². The number of benzene rings is 3. The highest BCUT2D eigenvalue weighted by atomic mass is 15.0. The molecule has 0 aliphatic rings. The standard InChI is InChI=1S/C37H47N/c1-8-10-24-37(6,7)25-14-13-18-30-31-17-11-12-19-34(31)38(33(30)9-2)35-20-15-16-29-22-21-28(27-32(29)35)23-26-36(3,4)5/h9,11-22,27H,8,10,23-26H2,1-7H3/b14-13-,30-18-,33-9+. The Kier molecular flexibility index (Phi) is 8.66. The summed E-state index contributed by atoms with van der Waals surface area (Å²) >= 11 is 0. The normalized spacial score (nSPS) is 14.0. The van der Waals surface area contributed by atoms with Crippen LogP contribution in [0, 0.1) is 10.8 Å². The van der Waals surface area contributed by atoms with E-state index in [1.807, 2.05) is 0 Å². The zero-order valence-corrected chi connectivity index (χ0v) is 24.8. The molecule has 0 aliphatic carbocycles. The number of allylic oxidation sites excluding steroid dienone is 2. The second-order valence-corrected chi connectivity index (χ2v) is 12.9. The van der Waals surface area contributed by atoms with Gasteiger partial charge in [-0.3, -0.25) is 0 Å². The topological polar surface area (TPSA) is 4.93 Å². The van der Waals surface area contributed by atoms with Gasteiger partial charge in [-0.05, 0) is 72.6 Å². The first-order valence-corrected chi connectivity index (χ1v) is 14.6. The molecule has 0 saturated carbocycles. The van der Waals surface area contributed by atoms with Gasteiger partial charge in [0, 0.05) is 21.3 Å². The maximum atomic E-state index is 2.47. The number of aryl methyl sites for hydroxylation is 1. The fourth-order valence-electron chi connectivity index (χ4n) is 5.49. The predicted molar refractivity (Wildman–Crippen MR) is 169 cm³/mol. The summed E-state index contributed by atoms with van der Waals surface area (Å²) in [6, 6.07) is 22.6. The van der Waals surface area contributed by atoms with Crippen molar-refractivity contribution in [2.75, 3.05) is 0 Å². The van der Waals surface area contributed by atoms with Crippen LogP contribution in [0.15, 0.2) is 72.8 Å². The third-order valence-electron chi connectivity index (χ3n) is 7.83. The molecule has 0 amide bonds. The van der Waals surface area contributed by atoms with Crippen molar-refractivity contribution in [1.29, 1.82) is 0 Å². The molecule has 0 bridgehead atoms. The zero-order chi connectivity index (χ0) is 27.3. The number of unbranched alkanes of at least 4 members (excludes halogenated alkanes) is 1. The lowest BCUT2D eigenvalue weighted by Gasteiger charge is -2.22. The minimum atomic E-state index is 0.332. The highest BCUT2D eigenvalue weighted by Gasteiger charge is 2.15. The Balaban J connectivity index is 1.84. The summed E-state index contributed by atoms with van der Waals surface area (Å²) in [5.41, 5.74) is 4.62. The van der Waals surface area contributed by atoms with Gasteiger partial charge in [0.05, 0.1) is 11.2 Å².